The molecule has 4 rings (SSSR count). The van der Waals surface area contributed by atoms with Gasteiger partial charge in [-0.2, -0.15) is 0 Å². The Kier molecular flexibility index (Phi) is 5.12. The van der Waals surface area contributed by atoms with Crippen LogP contribution in [0.4, 0.5) is 5.69 Å². The fraction of sp³-hybridized carbons (Fsp3) is 0.0833. The molecule has 5 nitrogen and oxygen atoms in total. The maximum atomic E-state index is 12.2. The number of hydrogen-bond donors (Lipinski definition) is 1. The van der Waals surface area contributed by atoms with Gasteiger partial charge in [-0.05, 0) is 55.0 Å². The normalized spacial score (nSPS) is 11.1. The van der Waals surface area contributed by atoms with Gasteiger partial charge in [0.05, 0.1) is 7.11 Å². The molecule has 0 unspecified atom stereocenters. The van der Waals surface area contributed by atoms with E-state index in [1.165, 1.54) is 11.6 Å². The topological polar surface area (TPSA) is 64.4 Å². The van der Waals surface area contributed by atoms with Gasteiger partial charge in [0, 0.05) is 23.4 Å². The van der Waals surface area contributed by atoms with E-state index in [0.29, 0.717) is 17.2 Å². The summed E-state index contributed by atoms with van der Waals surface area (Å²) < 4.78 is 11.0. The average Bonchev–Trinajstić information content (AvgIpc) is 3.17. The third-order valence-electron chi connectivity index (χ3n) is 4.50. The summed E-state index contributed by atoms with van der Waals surface area (Å²) in [6, 6.07) is 20.9. The number of fused-ring (bicyclic) bond motifs is 1. The van der Waals surface area contributed by atoms with Gasteiger partial charge in [-0.25, -0.2) is 4.98 Å². The molecule has 0 spiro atoms. The van der Waals surface area contributed by atoms with Gasteiger partial charge in [-0.1, -0.05) is 29.8 Å². The lowest BCUT2D eigenvalue weighted by molar-refractivity contribution is -0.111. The minimum absolute atomic E-state index is 0.209. The van der Waals surface area contributed by atoms with Gasteiger partial charge < -0.3 is 14.5 Å². The van der Waals surface area contributed by atoms with Crippen LogP contribution in [0.5, 0.6) is 5.75 Å². The van der Waals surface area contributed by atoms with Crippen molar-refractivity contribution >= 4 is 28.8 Å². The van der Waals surface area contributed by atoms with Gasteiger partial charge in [-0.3, -0.25) is 4.79 Å². The third-order valence-corrected chi connectivity index (χ3v) is 4.50. The highest BCUT2D eigenvalue weighted by Gasteiger charge is 2.10. The number of aromatic nitrogens is 1. The Morgan fingerprint density at radius 2 is 1.79 bits per heavy atom. The third kappa shape index (κ3) is 4.35. The maximum Gasteiger partial charge on any atom is 0.248 e. The standard InChI is InChI=1S/C24H20N2O3/c1-16-3-5-17(6-4-16)7-14-23(27)25-19-10-13-21-22(15-19)29-24(26-21)18-8-11-20(28-2)12-9-18/h3-15H,1-2H3,(H,25,27)/b14-7+. The second kappa shape index (κ2) is 8.02. The lowest BCUT2D eigenvalue weighted by Crippen LogP contribution is -2.07. The number of amides is 1. The van der Waals surface area contributed by atoms with Crippen LogP contribution in [0, 0.1) is 6.92 Å². The largest absolute Gasteiger partial charge is 0.497 e. The van der Waals surface area contributed by atoms with Gasteiger partial charge in [0.1, 0.15) is 11.3 Å². The number of benzene rings is 3. The molecule has 1 aromatic heterocycles. The highest BCUT2D eigenvalue weighted by atomic mass is 16.5. The van der Waals surface area contributed by atoms with Crippen LogP contribution < -0.4 is 10.1 Å². The quantitative estimate of drug-likeness (QED) is 0.464. The Balaban J connectivity index is 1.49. The Hall–Kier alpha value is -3.86. The molecule has 0 aliphatic carbocycles. The number of oxazole rings is 1. The van der Waals surface area contributed by atoms with Gasteiger partial charge >= 0.3 is 0 Å². The SMILES string of the molecule is COc1ccc(-c2nc3ccc(NC(=O)/C=C/c4ccc(C)cc4)cc3o2)cc1. The van der Waals surface area contributed by atoms with Crippen molar-refractivity contribution in [3.63, 3.8) is 0 Å². The molecule has 4 aromatic rings. The van der Waals surface area contributed by atoms with Crippen molar-refractivity contribution in [1.82, 2.24) is 4.98 Å². The molecule has 5 heteroatoms. The van der Waals surface area contributed by atoms with Crippen molar-refractivity contribution in [1.29, 1.82) is 0 Å². The van der Waals surface area contributed by atoms with Crippen molar-refractivity contribution in [2.24, 2.45) is 0 Å². The molecular weight excluding hydrogens is 364 g/mol. The predicted molar refractivity (Wildman–Crippen MR) is 115 cm³/mol. The van der Waals surface area contributed by atoms with Gasteiger partial charge in [0.25, 0.3) is 0 Å². The average molecular weight is 384 g/mol. The highest BCUT2D eigenvalue weighted by Crippen LogP contribution is 2.27. The molecule has 1 heterocycles. The van der Waals surface area contributed by atoms with Crippen LogP contribution in [0.15, 0.2) is 77.2 Å². The molecule has 0 aliphatic rings. The number of anilines is 1. The minimum Gasteiger partial charge on any atom is -0.497 e. The first kappa shape index (κ1) is 18.5. The van der Waals surface area contributed by atoms with Crippen molar-refractivity contribution in [2.75, 3.05) is 12.4 Å². The minimum atomic E-state index is -0.209. The second-order valence-electron chi connectivity index (χ2n) is 6.66. The number of hydrogen-bond acceptors (Lipinski definition) is 4. The van der Waals surface area contributed by atoms with E-state index in [1.807, 2.05) is 61.5 Å². The first-order valence-electron chi connectivity index (χ1n) is 9.21. The van der Waals surface area contributed by atoms with E-state index in [2.05, 4.69) is 10.3 Å². The zero-order valence-corrected chi connectivity index (χ0v) is 16.2. The molecule has 3 aromatic carbocycles. The maximum absolute atomic E-state index is 12.2. The number of methoxy groups -OCH3 is 1. The van der Waals surface area contributed by atoms with E-state index in [1.54, 1.807) is 25.3 Å². The first-order valence-corrected chi connectivity index (χ1v) is 9.21. The number of aryl methyl sites for hydroxylation is 1. The van der Waals surface area contributed by atoms with Crippen LogP contribution in [-0.4, -0.2) is 18.0 Å². The van der Waals surface area contributed by atoms with E-state index in [0.717, 1.165) is 22.4 Å². The summed E-state index contributed by atoms with van der Waals surface area (Å²) in [6.45, 7) is 2.03. The Morgan fingerprint density at radius 1 is 1.03 bits per heavy atom. The number of nitrogens with zero attached hydrogens (tertiary/aromatic N) is 1. The van der Waals surface area contributed by atoms with Crippen molar-refractivity contribution in [3.05, 3.63) is 83.9 Å². The number of carbonyl (C=O) groups is 1. The molecule has 0 atom stereocenters. The van der Waals surface area contributed by atoms with Gasteiger partial charge in [0.15, 0.2) is 5.58 Å². The lowest BCUT2D eigenvalue weighted by Gasteiger charge is -2.01. The summed E-state index contributed by atoms with van der Waals surface area (Å²) in [7, 11) is 1.63. The summed E-state index contributed by atoms with van der Waals surface area (Å²) in [6.07, 6.45) is 3.29. The highest BCUT2D eigenvalue weighted by molar-refractivity contribution is 6.02. The van der Waals surface area contributed by atoms with Crippen molar-refractivity contribution in [2.45, 2.75) is 6.92 Å². The summed E-state index contributed by atoms with van der Waals surface area (Å²) in [5, 5.41) is 2.85. The molecule has 0 aliphatic heterocycles. The molecule has 29 heavy (non-hydrogen) atoms. The second-order valence-corrected chi connectivity index (χ2v) is 6.66. The van der Waals surface area contributed by atoms with E-state index in [-0.39, 0.29) is 5.91 Å². The number of rotatable bonds is 5. The van der Waals surface area contributed by atoms with Crippen LogP contribution in [0.1, 0.15) is 11.1 Å². The molecule has 144 valence electrons. The zero-order chi connectivity index (χ0) is 20.2. The van der Waals surface area contributed by atoms with Crippen molar-refractivity contribution in [3.8, 4) is 17.2 Å². The summed E-state index contributed by atoms with van der Waals surface area (Å²) >= 11 is 0. The van der Waals surface area contributed by atoms with Gasteiger partial charge in [0.2, 0.25) is 11.8 Å². The van der Waals surface area contributed by atoms with Crippen LogP contribution in [-0.2, 0) is 4.79 Å². The van der Waals surface area contributed by atoms with E-state index < -0.39 is 0 Å². The molecule has 0 saturated carbocycles. The van der Waals surface area contributed by atoms with E-state index in [4.69, 9.17) is 9.15 Å². The van der Waals surface area contributed by atoms with Crippen LogP contribution in [0.3, 0.4) is 0 Å². The van der Waals surface area contributed by atoms with E-state index >= 15 is 0 Å². The smallest absolute Gasteiger partial charge is 0.248 e. The predicted octanol–water partition coefficient (Wildman–Crippen LogP) is 5.46. The molecular formula is C24H20N2O3. The molecule has 0 saturated heterocycles. The number of nitrogens with one attached hydrogen (secondary N) is 1. The summed E-state index contributed by atoms with van der Waals surface area (Å²) in [4.78, 5) is 16.7. The Labute approximate surface area is 168 Å². The Morgan fingerprint density at radius 3 is 2.52 bits per heavy atom. The first-order chi connectivity index (χ1) is 14.1. The zero-order valence-electron chi connectivity index (χ0n) is 16.2. The van der Waals surface area contributed by atoms with Crippen LogP contribution in [0.25, 0.3) is 28.6 Å². The lowest BCUT2D eigenvalue weighted by atomic mass is 10.1. The van der Waals surface area contributed by atoms with Gasteiger partial charge in [-0.15, -0.1) is 0 Å². The molecule has 1 amide bonds. The van der Waals surface area contributed by atoms with E-state index in [9.17, 15) is 4.79 Å². The number of ether oxygens (including phenoxy) is 1. The fourth-order valence-electron chi connectivity index (χ4n) is 2.89. The summed E-state index contributed by atoms with van der Waals surface area (Å²) in [5.74, 6) is 1.08. The van der Waals surface area contributed by atoms with Crippen LogP contribution in [0.2, 0.25) is 0 Å². The molecule has 0 bridgehead atoms. The molecule has 0 radical (unpaired) electrons. The Bertz CT molecular complexity index is 1170. The fourth-order valence-corrected chi connectivity index (χ4v) is 2.89. The molecule has 0 fully saturated rings. The number of carbonyl (C=O) groups excluding carboxylic acids is 1. The summed E-state index contributed by atoms with van der Waals surface area (Å²) in [5.41, 5.74) is 4.99. The van der Waals surface area contributed by atoms with Crippen molar-refractivity contribution < 1.29 is 13.9 Å². The molecule has 1 N–H and O–H groups in total. The monoisotopic (exact) mass is 384 g/mol. The van der Waals surface area contributed by atoms with Crippen LogP contribution >= 0.6 is 0 Å².